The lowest BCUT2D eigenvalue weighted by molar-refractivity contribution is -0.139. The molecular formula is C35H36BrNO7. The molecule has 0 bridgehead atoms. The maximum atomic E-state index is 14.1. The Morgan fingerprint density at radius 3 is 2.25 bits per heavy atom. The Labute approximate surface area is 266 Å². The number of ketones is 1. The summed E-state index contributed by atoms with van der Waals surface area (Å²) < 4.78 is 28.6. The number of allylic oxidation sites excluding steroid dienone is 3. The molecule has 0 spiro atoms. The molecule has 0 amide bonds. The van der Waals surface area contributed by atoms with Crippen LogP contribution in [0, 0.1) is 0 Å². The second-order valence-electron chi connectivity index (χ2n) is 10.7. The zero-order valence-electron chi connectivity index (χ0n) is 25.5. The highest BCUT2D eigenvalue weighted by Gasteiger charge is 2.42. The van der Waals surface area contributed by atoms with Gasteiger partial charge in [-0.2, -0.15) is 0 Å². The standard InChI is InChI=1S/C35H36BrNO7/c1-20-31(35(39)44-14-13-21-9-7-6-8-10-21)32(24-15-25(36)34(43-5)30(19-24)42-4)33-26(37-20)16-23(17-27(33)38)22-11-12-28(40-2)29(18-22)41-3/h6-12,15,18-19,23,32,37H,13-14,16-17H2,1-5H3/t23-,32-/m0/s1. The van der Waals surface area contributed by atoms with E-state index in [1.165, 1.54) is 0 Å². The summed E-state index contributed by atoms with van der Waals surface area (Å²) in [6, 6.07) is 19.3. The van der Waals surface area contributed by atoms with Crippen LogP contribution in [0.2, 0.25) is 0 Å². The largest absolute Gasteiger partial charge is 0.493 e. The molecule has 8 nitrogen and oxygen atoms in total. The summed E-state index contributed by atoms with van der Waals surface area (Å²) >= 11 is 3.60. The topological polar surface area (TPSA) is 92.3 Å². The van der Waals surface area contributed by atoms with Crippen LogP contribution < -0.4 is 24.3 Å². The van der Waals surface area contributed by atoms with E-state index in [9.17, 15) is 9.59 Å². The normalized spacial score (nSPS) is 17.9. The summed E-state index contributed by atoms with van der Waals surface area (Å²) in [7, 11) is 6.31. The number of carbonyl (C=O) groups excluding carboxylic acids is 2. The van der Waals surface area contributed by atoms with E-state index < -0.39 is 11.9 Å². The van der Waals surface area contributed by atoms with E-state index in [0.29, 0.717) is 57.2 Å². The predicted molar refractivity (Wildman–Crippen MR) is 170 cm³/mol. The van der Waals surface area contributed by atoms with Crippen molar-refractivity contribution in [1.29, 1.82) is 0 Å². The van der Waals surface area contributed by atoms with Gasteiger partial charge in [0, 0.05) is 35.7 Å². The van der Waals surface area contributed by atoms with Gasteiger partial charge in [0.15, 0.2) is 28.8 Å². The monoisotopic (exact) mass is 661 g/mol. The molecule has 9 heteroatoms. The van der Waals surface area contributed by atoms with Crippen molar-refractivity contribution in [2.24, 2.45) is 0 Å². The Hall–Kier alpha value is -4.24. The highest BCUT2D eigenvalue weighted by molar-refractivity contribution is 9.10. The Bertz CT molecular complexity index is 1630. The molecule has 3 aromatic carbocycles. The van der Waals surface area contributed by atoms with Gasteiger partial charge in [-0.15, -0.1) is 0 Å². The minimum Gasteiger partial charge on any atom is -0.493 e. The lowest BCUT2D eigenvalue weighted by Gasteiger charge is -2.37. The third kappa shape index (κ3) is 6.19. The van der Waals surface area contributed by atoms with Gasteiger partial charge >= 0.3 is 5.97 Å². The van der Waals surface area contributed by atoms with Crippen molar-refractivity contribution in [2.45, 2.75) is 38.0 Å². The summed E-state index contributed by atoms with van der Waals surface area (Å²) in [5, 5.41) is 3.42. The number of dihydropyridines is 1. The van der Waals surface area contributed by atoms with Gasteiger partial charge in [0.25, 0.3) is 0 Å². The maximum absolute atomic E-state index is 14.1. The van der Waals surface area contributed by atoms with E-state index in [4.69, 9.17) is 23.7 Å². The number of Topliss-reactive ketones (excluding diaryl/α,β-unsaturated/α-hetero) is 1. The van der Waals surface area contributed by atoms with Crippen LogP contribution in [0.25, 0.3) is 0 Å². The van der Waals surface area contributed by atoms with Crippen LogP contribution in [-0.2, 0) is 20.7 Å². The Morgan fingerprint density at radius 1 is 0.864 bits per heavy atom. The fraction of sp³-hybridized carbons (Fsp3) is 0.314. The Morgan fingerprint density at radius 2 is 1.57 bits per heavy atom. The summed E-state index contributed by atoms with van der Waals surface area (Å²) in [6.45, 7) is 2.06. The first kappa shape index (κ1) is 31.2. The molecule has 0 radical (unpaired) electrons. The van der Waals surface area contributed by atoms with Crippen molar-refractivity contribution in [3.63, 3.8) is 0 Å². The van der Waals surface area contributed by atoms with E-state index >= 15 is 0 Å². The molecule has 1 N–H and O–H groups in total. The molecule has 1 aliphatic carbocycles. The molecule has 1 heterocycles. The van der Waals surface area contributed by atoms with Crippen molar-refractivity contribution in [1.82, 2.24) is 5.32 Å². The maximum Gasteiger partial charge on any atom is 0.336 e. The number of esters is 1. The minimum absolute atomic E-state index is 0.0449. The van der Waals surface area contributed by atoms with Gasteiger partial charge in [0.05, 0.1) is 45.1 Å². The molecule has 44 heavy (non-hydrogen) atoms. The highest BCUT2D eigenvalue weighted by atomic mass is 79.9. The van der Waals surface area contributed by atoms with Gasteiger partial charge in [-0.25, -0.2) is 4.79 Å². The van der Waals surface area contributed by atoms with E-state index in [-0.39, 0.29) is 24.7 Å². The van der Waals surface area contributed by atoms with Crippen LogP contribution in [0.4, 0.5) is 0 Å². The van der Waals surface area contributed by atoms with Crippen molar-refractivity contribution in [2.75, 3.05) is 35.0 Å². The minimum atomic E-state index is -0.662. The summed E-state index contributed by atoms with van der Waals surface area (Å²) in [5.74, 6) is 0.985. The van der Waals surface area contributed by atoms with Gasteiger partial charge in [-0.05, 0) is 76.1 Å². The zero-order valence-corrected chi connectivity index (χ0v) is 27.1. The molecule has 2 atom stereocenters. The number of benzene rings is 3. The quantitative estimate of drug-likeness (QED) is 0.242. The average Bonchev–Trinajstić information content (AvgIpc) is 3.03. The first-order chi connectivity index (χ1) is 21.3. The summed E-state index contributed by atoms with van der Waals surface area (Å²) in [5.41, 5.74) is 5.15. The third-order valence-electron chi connectivity index (χ3n) is 8.18. The molecule has 0 saturated carbocycles. The van der Waals surface area contributed by atoms with Gasteiger partial charge in [0.1, 0.15) is 0 Å². The first-order valence-corrected chi connectivity index (χ1v) is 15.2. The van der Waals surface area contributed by atoms with E-state index in [1.807, 2.05) is 67.6 Å². The van der Waals surface area contributed by atoms with E-state index in [1.54, 1.807) is 28.4 Å². The lowest BCUT2D eigenvalue weighted by atomic mass is 9.71. The smallest absolute Gasteiger partial charge is 0.336 e. The van der Waals surface area contributed by atoms with Crippen LogP contribution in [-0.4, -0.2) is 46.8 Å². The van der Waals surface area contributed by atoms with Gasteiger partial charge in [-0.3, -0.25) is 4.79 Å². The second-order valence-corrected chi connectivity index (χ2v) is 11.6. The lowest BCUT2D eigenvalue weighted by Crippen LogP contribution is -2.36. The number of ether oxygens (including phenoxy) is 5. The van der Waals surface area contributed by atoms with Crippen molar-refractivity contribution >= 4 is 27.7 Å². The molecule has 2 aliphatic rings. The number of halogens is 1. The van der Waals surface area contributed by atoms with Crippen molar-refractivity contribution in [3.8, 4) is 23.0 Å². The fourth-order valence-electron chi connectivity index (χ4n) is 6.07. The van der Waals surface area contributed by atoms with Crippen LogP contribution in [0.3, 0.4) is 0 Å². The van der Waals surface area contributed by atoms with Gasteiger partial charge < -0.3 is 29.0 Å². The van der Waals surface area contributed by atoms with Crippen LogP contribution >= 0.6 is 15.9 Å². The van der Waals surface area contributed by atoms with Crippen LogP contribution in [0.15, 0.2) is 87.7 Å². The molecule has 0 saturated heterocycles. The van der Waals surface area contributed by atoms with Gasteiger partial charge in [0.2, 0.25) is 0 Å². The van der Waals surface area contributed by atoms with E-state index in [0.717, 1.165) is 22.4 Å². The highest BCUT2D eigenvalue weighted by Crippen LogP contribution is 2.49. The Balaban J connectivity index is 1.53. The molecule has 0 fully saturated rings. The zero-order chi connectivity index (χ0) is 31.4. The molecular weight excluding hydrogens is 626 g/mol. The molecule has 3 aromatic rings. The molecule has 230 valence electrons. The first-order valence-electron chi connectivity index (χ1n) is 14.4. The number of carbonyl (C=O) groups is 2. The number of rotatable bonds is 10. The summed E-state index contributed by atoms with van der Waals surface area (Å²) in [6.07, 6.45) is 1.43. The van der Waals surface area contributed by atoms with Crippen LogP contribution in [0.1, 0.15) is 48.3 Å². The third-order valence-corrected chi connectivity index (χ3v) is 8.77. The number of hydrogen-bond acceptors (Lipinski definition) is 8. The molecule has 1 aliphatic heterocycles. The predicted octanol–water partition coefficient (Wildman–Crippen LogP) is 6.63. The average molecular weight is 663 g/mol. The number of hydrogen-bond donors (Lipinski definition) is 1. The van der Waals surface area contributed by atoms with E-state index in [2.05, 4.69) is 21.2 Å². The van der Waals surface area contributed by atoms with Crippen LogP contribution in [0.5, 0.6) is 23.0 Å². The number of methoxy groups -OCH3 is 4. The SMILES string of the molecule is COc1ccc([C@@H]2CC(=O)C3=C(C2)NC(C)=C(C(=O)OCCc2ccccc2)[C@@H]3c2cc(Br)c(OC)c(OC)c2)cc1OC. The van der Waals surface area contributed by atoms with Gasteiger partial charge in [-0.1, -0.05) is 36.4 Å². The molecule has 0 aromatic heterocycles. The Kier molecular flexibility index (Phi) is 9.64. The van der Waals surface area contributed by atoms with Crippen molar-refractivity contribution < 1.29 is 33.3 Å². The van der Waals surface area contributed by atoms with Crippen molar-refractivity contribution in [3.05, 3.63) is 104 Å². The molecule has 5 rings (SSSR count). The molecule has 0 unspecified atom stereocenters. The number of nitrogens with one attached hydrogen (secondary N) is 1. The fourth-order valence-corrected chi connectivity index (χ4v) is 6.70. The second kappa shape index (κ2) is 13.6. The summed E-state index contributed by atoms with van der Waals surface area (Å²) in [4.78, 5) is 27.9.